The molecule has 0 aromatic heterocycles. The lowest BCUT2D eigenvalue weighted by atomic mass is 10.0. The van der Waals surface area contributed by atoms with Crippen molar-refractivity contribution in [3.8, 4) is 5.75 Å². The number of aromatic hydroxyl groups is 1. The summed E-state index contributed by atoms with van der Waals surface area (Å²) in [6.07, 6.45) is 0. The van der Waals surface area contributed by atoms with Crippen LogP contribution in [0.15, 0.2) is 18.2 Å². The Kier molecular flexibility index (Phi) is 2.94. The average molecular weight is 179 g/mol. The summed E-state index contributed by atoms with van der Waals surface area (Å²) in [4.78, 5) is 2.07. The second-order valence-corrected chi connectivity index (χ2v) is 3.70. The van der Waals surface area contributed by atoms with E-state index in [-0.39, 0.29) is 6.04 Å². The van der Waals surface area contributed by atoms with Crippen molar-refractivity contribution in [3.63, 3.8) is 0 Å². The zero-order valence-electron chi connectivity index (χ0n) is 8.70. The Morgan fingerprint density at radius 1 is 1.31 bits per heavy atom. The maximum absolute atomic E-state index is 9.68. The highest BCUT2D eigenvalue weighted by molar-refractivity contribution is 5.37. The number of phenols is 1. The van der Waals surface area contributed by atoms with E-state index in [9.17, 15) is 5.11 Å². The maximum atomic E-state index is 9.68. The van der Waals surface area contributed by atoms with Crippen LogP contribution in [0.4, 0.5) is 0 Å². The van der Waals surface area contributed by atoms with Gasteiger partial charge in [-0.25, -0.2) is 0 Å². The third-order valence-corrected chi connectivity index (χ3v) is 2.41. The topological polar surface area (TPSA) is 23.5 Å². The largest absolute Gasteiger partial charge is 0.508 e. The lowest BCUT2D eigenvalue weighted by Gasteiger charge is -2.21. The van der Waals surface area contributed by atoms with Crippen LogP contribution in [0.2, 0.25) is 0 Å². The summed E-state index contributed by atoms with van der Waals surface area (Å²) in [5, 5.41) is 9.68. The highest BCUT2D eigenvalue weighted by Crippen LogP contribution is 2.27. The van der Waals surface area contributed by atoms with Gasteiger partial charge in [0.2, 0.25) is 0 Å². The number of phenolic OH excluding ortho intramolecular Hbond substituents is 1. The molecule has 0 aliphatic rings. The Morgan fingerprint density at radius 3 is 2.38 bits per heavy atom. The molecule has 0 aliphatic carbocycles. The van der Waals surface area contributed by atoms with Gasteiger partial charge in [-0.1, -0.05) is 12.1 Å². The van der Waals surface area contributed by atoms with Crippen LogP contribution in [0, 0.1) is 6.92 Å². The monoisotopic (exact) mass is 179 g/mol. The second kappa shape index (κ2) is 3.79. The molecule has 1 rings (SSSR count). The first-order valence-corrected chi connectivity index (χ1v) is 4.48. The minimum atomic E-state index is 0.251. The maximum Gasteiger partial charge on any atom is 0.120 e. The minimum absolute atomic E-state index is 0.251. The SMILES string of the molecule is Cc1ccc(C(C)N(C)C)c(O)c1. The lowest BCUT2D eigenvalue weighted by molar-refractivity contribution is 0.311. The Bertz CT molecular complexity index is 294. The molecule has 0 radical (unpaired) electrons. The zero-order chi connectivity index (χ0) is 10.0. The van der Waals surface area contributed by atoms with Crippen LogP contribution in [0.1, 0.15) is 24.1 Å². The summed E-state index contributed by atoms with van der Waals surface area (Å²) < 4.78 is 0. The van der Waals surface area contributed by atoms with Crippen LogP contribution in [0.5, 0.6) is 5.75 Å². The van der Waals surface area contributed by atoms with Crippen LogP contribution >= 0.6 is 0 Å². The first-order chi connectivity index (χ1) is 6.02. The molecule has 1 atom stereocenters. The van der Waals surface area contributed by atoms with Crippen molar-refractivity contribution in [2.45, 2.75) is 19.9 Å². The van der Waals surface area contributed by atoms with Gasteiger partial charge in [0.1, 0.15) is 5.75 Å². The average Bonchev–Trinajstić information content (AvgIpc) is 2.03. The number of aryl methyl sites for hydroxylation is 1. The molecule has 13 heavy (non-hydrogen) atoms. The quantitative estimate of drug-likeness (QED) is 0.753. The van der Waals surface area contributed by atoms with Crippen molar-refractivity contribution < 1.29 is 5.11 Å². The molecule has 0 fully saturated rings. The molecule has 1 N–H and O–H groups in total. The summed E-state index contributed by atoms with van der Waals surface area (Å²) in [5.41, 5.74) is 2.07. The second-order valence-electron chi connectivity index (χ2n) is 3.70. The Balaban J connectivity index is 3.01. The molecule has 2 heteroatoms. The molecule has 72 valence electrons. The molecular formula is C11H17NO. The predicted octanol–water partition coefficient (Wildman–Crippen LogP) is 2.32. The molecule has 0 bridgehead atoms. The van der Waals surface area contributed by atoms with Gasteiger partial charge < -0.3 is 10.0 Å². The minimum Gasteiger partial charge on any atom is -0.508 e. The number of hydrogen-bond acceptors (Lipinski definition) is 2. The Hall–Kier alpha value is -1.02. The van der Waals surface area contributed by atoms with Crippen molar-refractivity contribution in [2.24, 2.45) is 0 Å². The smallest absolute Gasteiger partial charge is 0.120 e. The predicted molar refractivity (Wildman–Crippen MR) is 54.9 cm³/mol. The molecule has 0 amide bonds. The summed E-state index contributed by atoms with van der Waals surface area (Å²) in [7, 11) is 4.01. The van der Waals surface area contributed by atoms with E-state index in [0.717, 1.165) is 11.1 Å². The van der Waals surface area contributed by atoms with Crippen LogP contribution in [0.25, 0.3) is 0 Å². The van der Waals surface area contributed by atoms with Crippen LogP contribution < -0.4 is 0 Å². The van der Waals surface area contributed by atoms with Crippen molar-refractivity contribution in [3.05, 3.63) is 29.3 Å². The lowest BCUT2D eigenvalue weighted by Crippen LogP contribution is -2.16. The van der Waals surface area contributed by atoms with E-state index in [2.05, 4.69) is 11.8 Å². The van der Waals surface area contributed by atoms with E-state index in [1.807, 2.05) is 33.2 Å². The zero-order valence-corrected chi connectivity index (χ0v) is 8.70. The van der Waals surface area contributed by atoms with Crippen LogP contribution in [-0.2, 0) is 0 Å². The number of hydrogen-bond donors (Lipinski definition) is 1. The fraction of sp³-hybridized carbons (Fsp3) is 0.455. The normalized spacial score (nSPS) is 13.3. The van der Waals surface area contributed by atoms with Gasteiger partial charge in [-0.3, -0.25) is 0 Å². The summed E-state index contributed by atoms with van der Waals surface area (Å²) >= 11 is 0. The molecule has 1 aromatic rings. The van der Waals surface area contributed by atoms with Gasteiger partial charge in [0.25, 0.3) is 0 Å². The fourth-order valence-electron chi connectivity index (χ4n) is 1.29. The van der Waals surface area contributed by atoms with Gasteiger partial charge in [-0.15, -0.1) is 0 Å². The van der Waals surface area contributed by atoms with E-state index in [1.54, 1.807) is 6.07 Å². The molecule has 0 saturated heterocycles. The molecule has 1 unspecified atom stereocenters. The van der Waals surface area contributed by atoms with Gasteiger partial charge in [-0.05, 0) is 39.6 Å². The molecule has 1 aromatic carbocycles. The molecule has 0 heterocycles. The third kappa shape index (κ3) is 2.22. The summed E-state index contributed by atoms with van der Waals surface area (Å²) in [5.74, 6) is 0.390. The van der Waals surface area contributed by atoms with E-state index in [4.69, 9.17) is 0 Å². The highest BCUT2D eigenvalue weighted by Gasteiger charge is 2.11. The van der Waals surface area contributed by atoms with Crippen molar-refractivity contribution in [2.75, 3.05) is 14.1 Å². The van der Waals surface area contributed by atoms with Crippen molar-refractivity contribution >= 4 is 0 Å². The summed E-state index contributed by atoms with van der Waals surface area (Å²) in [6.45, 7) is 4.05. The van der Waals surface area contributed by atoms with E-state index < -0.39 is 0 Å². The van der Waals surface area contributed by atoms with E-state index in [1.165, 1.54) is 0 Å². The third-order valence-electron chi connectivity index (χ3n) is 2.41. The Labute approximate surface area is 79.8 Å². The van der Waals surface area contributed by atoms with Gasteiger partial charge in [0.15, 0.2) is 0 Å². The van der Waals surface area contributed by atoms with Crippen molar-refractivity contribution in [1.29, 1.82) is 0 Å². The number of benzene rings is 1. The van der Waals surface area contributed by atoms with E-state index >= 15 is 0 Å². The van der Waals surface area contributed by atoms with Crippen LogP contribution in [0.3, 0.4) is 0 Å². The molecule has 2 nitrogen and oxygen atoms in total. The van der Waals surface area contributed by atoms with Gasteiger partial charge >= 0.3 is 0 Å². The van der Waals surface area contributed by atoms with Gasteiger partial charge in [0.05, 0.1) is 0 Å². The molecule has 0 spiro atoms. The van der Waals surface area contributed by atoms with Gasteiger partial charge in [0, 0.05) is 11.6 Å². The fourth-order valence-corrected chi connectivity index (χ4v) is 1.29. The standard InChI is InChI=1S/C11H17NO/c1-8-5-6-10(11(13)7-8)9(2)12(3)4/h5-7,9,13H,1-4H3. The van der Waals surface area contributed by atoms with Crippen molar-refractivity contribution in [1.82, 2.24) is 4.90 Å². The first-order valence-electron chi connectivity index (χ1n) is 4.48. The van der Waals surface area contributed by atoms with Crippen LogP contribution in [-0.4, -0.2) is 24.1 Å². The van der Waals surface area contributed by atoms with E-state index in [0.29, 0.717) is 5.75 Å². The first kappa shape index (κ1) is 10.1. The highest BCUT2D eigenvalue weighted by atomic mass is 16.3. The number of rotatable bonds is 2. The molecule has 0 saturated carbocycles. The Morgan fingerprint density at radius 2 is 1.92 bits per heavy atom. The van der Waals surface area contributed by atoms with Gasteiger partial charge in [-0.2, -0.15) is 0 Å². The number of nitrogens with zero attached hydrogens (tertiary/aromatic N) is 1. The molecule has 0 aliphatic heterocycles. The molecular weight excluding hydrogens is 162 g/mol. The summed E-state index contributed by atoms with van der Waals surface area (Å²) in [6, 6.07) is 6.06.